The molecular weight excluding hydrogens is 410 g/mol. The number of rotatable bonds is 9. The molecule has 2 aromatic carbocycles. The average molecular weight is 429 g/mol. The van der Waals surface area contributed by atoms with Gasteiger partial charge in [-0.15, -0.1) is 0 Å². The summed E-state index contributed by atoms with van der Waals surface area (Å²) in [5.74, 6) is -0.384. The van der Waals surface area contributed by atoms with Gasteiger partial charge >= 0.3 is 0 Å². The molecule has 12 heteroatoms. The highest BCUT2D eigenvalue weighted by Crippen LogP contribution is 2.25. The highest BCUT2D eigenvalue weighted by Gasteiger charge is 2.21. The molecule has 0 heterocycles. The predicted octanol–water partition coefficient (Wildman–Crippen LogP) is 2.58. The van der Waals surface area contributed by atoms with Crippen molar-refractivity contribution in [2.45, 2.75) is 19.8 Å². The van der Waals surface area contributed by atoms with E-state index in [0.717, 1.165) is 18.2 Å². The first-order valence-electron chi connectivity index (χ1n) is 8.87. The van der Waals surface area contributed by atoms with Crippen LogP contribution in [0.2, 0.25) is 0 Å². The zero-order valence-corrected chi connectivity index (χ0v) is 16.7. The Balaban J connectivity index is 1.93. The van der Waals surface area contributed by atoms with Gasteiger partial charge in [0.15, 0.2) is 0 Å². The molecule has 0 saturated heterocycles. The topological polar surface area (TPSA) is 166 Å². The number of non-ortho nitro benzene ring substituents is 1. The Hall–Kier alpha value is -4.35. The van der Waals surface area contributed by atoms with Crippen LogP contribution in [0.15, 0.2) is 47.6 Å². The van der Waals surface area contributed by atoms with E-state index in [1.54, 1.807) is 24.3 Å². The molecule has 0 spiro atoms. The number of hydrogen-bond donors (Lipinski definition) is 2. The summed E-state index contributed by atoms with van der Waals surface area (Å²) in [5, 5.41) is 28.4. The van der Waals surface area contributed by atoms with Gasteiger partial charge in [0, 0.05) is 23.0 Å². The van der Waals surface area contributed by atoms with E-state index >= 15 is 0 Å². The first kappa shape index (κ1) is 22.9. The maximum Gasteiger partial charge on any atom is 0.279 e. The zero-order chi connectivity index (χ0) is 23.0. The van der Waals surface area contributed by atoms with Crippen LogP contribution in [0.25, 0.3) is 0 Å². The van der Waals surface area contributed by atoms with Gasteiger partial charge in [0.2, 0.25) is 11.8 Å². The van der Waals surface area contributed by atoms with E-state index in [2.05, 4.69) is 15.8 Å². The van der Waals surface area contributed by atoms with Gasteiger partial charge < -0.3 is 10.1 Å². The number of amides is 2. The van der Waals surface area contributed by atoms with Crippen LogP contribution in [0.1, 0.15) is 18.9 Å². The van der Waals surface area contributed by atoms with Gasteiger partial charge in [0.25, 0.3) is 11.4 Å². The van der Waals surface area contributed by atoms with Crippen molar-refractivity contribution in [1.29, 1.82) is 0 Å². The number of hydrazone groups is 1. The molecule has 0 saturated carbocycles. The van der Waals surface area contributed by atoms with Gasteiger partial charge in [0.05, 0.1) is 35.9 Å². The first-order chi connectivity index (χ1) is 14.7. The minimum absolute atomic E-state index is 0.00166. The molecule has 0 radical (unpaired) electrons. The van der Waals surface area contributed by atoms with E-state index in [1.807, 2.05) is 0 Å². The Labute approximate surface area is 176 Å². The van der Waals surface area contributed by atoms with Gasteiger partial charge in [-0.05, 0) is 37.3 Å². The van der Waals surface area contributed by atoms with Crippen molar-refractivity contribution in [3.8, 4) is 5.75 Å². The van der Waals surface area contributed by atoms with Gasteiger partial charge in [-0.3, -0.25) is 29.8 Å². The molecule has 2 N–H and O–H groups in total. The van der Waals surface area contributed by atoms with Crippen LogP contribution < -0.4 is 15.5 Å². The quantitative estimate of drug-likeness (QED) is 0.351. The first-order valence-corrected chi connectivity index (χ1v) is 8.87. The molecule has 31 heavy (non-hydrogen) atoms. The number of nitrogens with zero attached hydrogens (tertiary/aromatic N) is 3. The smallest absolute Gasteiger partial charge is 0.279 e. The number of nitrogens with one attached hydrogen (secondary N) is 2. The largest absolute Gasteiger partial charge is 0.497 e. The monoisotopic (exact) mass is 429 g/mol. The lowest BCUT2D eigenvalue weighted by atomic mass is 10.1. The molecule has 0 unspecified atom stereocenters. The summed E-state index contributed by atoms with van der Waals surface area (Å²) in [6.45, 7) is 1.53. The van der Waals surface area contributed by atoms with Gasteiger partial charge in [0.1, 0.15) is 5.75 Å². The van der Waals surface area contributed by atoms with Gasteiger partial charge in [-0.1, -0.05) is 0 Å². The van der Waals surface area contributed by atoms with Crippen LogP contribution in [0.3, 0.4) is 0 Å². The summed E-state index contributed by atoms with van der Waals surface area (Å²) in [4.78, 5) is 44.4. The lowest BCUT2D eigenvalue weighted by Gasteiger charge is -2.07. The molecule has 2 rings (SSSR count). The molecular formula is C19H19N5O7. The lowest BCUT2D eigenvalue weighted by molar-refractivity contribution is -0.394. The van der Waals surface area contributed by atoms with Crippen molar-refractivity contribution in [2.75, 3.05) is 12.4 Å². The van der Waals surface area contributed by atoms with E-state index in [4.69, 9.17) is 4.74 Å². The van der Waals surface area contributed by atoms with Crippen LogP contribution in [0.4, 0.5) is 17.1 Å². The molecule has 0 aliphatic carbocycles. The second-order valence-corrected chi connectivity index (χ2v) is 6.34. The summed E-state index contributed by atoms with van der Waals surface area (Å²) in [7, 11) is 1.53. The SMILES string of the molecule is COc1ccc(NC(=O)C/C(C)=N/NC(=O)Cc2ccc([N+](=O)[O-])cc2[N+](=O)[O-])cc1. The summed E-state index contributed by atoms with van der Waals surface area (Å²) >= 11 is 0. The van der Waals surface area contributed by atoms with Crippen molar-refractivity contribution < 1.29 is 24.2 Å². The maximum atomic E-state index is 12.1. The van der Waals surface area contributed by atoms with E-state index in [0.29, 0.717) is 17.1 Å². The molecule has 2 aromatic rings. The molecule has 0 bridgehead atoms. The molecule has 2 amide bonds. The fourth-order valence-corrected chi connectivity index (χ4v) is 2.51. The van der Waals surface area contributed by atoms with Crippen LogP contribution in [-0.2, 0) is 16.0 Å². The Morgan fingerprint density at radius 1 is 1.03 bits per heavy atom. The van der Waals surface area contributed by atoms with Crippen LogP contribution in [0.5, 0.6) is 5.75 Å². The van der Waals surface area contributed by atoms with E-state index in [-0.39, 0.29) is 17.9 Å². The maximum absolute atomic E-state index is 12.1. The summed E-state index contributed by atoms with van der Waals surface area (Å²) in [6.07, 6.45) is -0.507. The van der Waals surface area contributed by atoms with Gasteiger partial charge in [-0.2, -0.15) is 5.10 Å². The van der Waals surface area contributed by atoms with Crippen molar-refractivity contribution in [1.82, 2.24) is 5.43 Å². The number of ether oxygens (including phenoxy) is 1. The Bertz CT molecular complexity index is 1030. The molecule has 0 atom stereocenters. The lowest BCUT2D eigenvalue weighted by Crippen LogP contribution is -2.23. The van der Waals surface area contributed by atoms with Crippen LogP contribution in [0, 0.1) is 20.2 Å². The fourth-order valence-electron chi connectivity index (χ4n) is 2.51. The van der Waals surface area contributed by atoms with E-state index in [1.165, 1.54) is 14.0 Å². The summed E-state index contributed by atoms with van der Waals surface area (Å²) < 4.78 is 5.03. The van der Waals surface area contributed by atoms with E-state index < -0.39 is 33.5 Å². The number of carbonyl (C=O) groups excluding carboxylic acids is 2. The third kappa shape index (κ3) is 6.88. The van der Waals surface area contributed by atoms with Gasteiger partial charge in [-0.25, -0.2) is 5.43 Å². The minimum Gasteiger partial charge on any atom is -0.497 e. The second-order valence-electron chi connectivity index (χ2n) is 6.34. The van der Waals surface area contributed by atoms with Crippen LogP contribution >= 0.6 is 0 Å². The van der Waals surface area contributed by atoms with Crippen molar-refractivity contribution >= 4 is 34.6 Å². The highest BCUT2D eigenvalue weighted by molar-refractivity contribution is 6.05. The Morgan fingerprint density at radius 2 is 1.71 bits per heavy atom. The molecule has 162 valence electrons. The number of nitro benzene ring substituents is 2. The third-order valence-corrected chi connectivity index (χ3v) is 3.99. The predicted molar refractivity (Wildman–Crippen MR) is 111 cm³/mol. The number of hydrogen-bond acceptors (Lipinski definition) is 8. The zero-order valence-electron chi connectivity index (χ0n) is 16.7. The number of benzene rings is 2. The average Bonchev–Trinajstić information content (AvgIpc) is 2.72. The normalized spacial score (nSPS) is 10.8. The van der Waals surface area contributed by atoms with Crippen molar-refractivity contribution in [3.05, 3.63) is 68.3 Å². The molecule has 0 aliphatic rings. The second kappa shape index (κ2) is 10.4. The molecule has 0 aliphatic heterocycles. The van der Waals surface area contributed by atoms with Crippen LogP contribution in [-0.4, -0.2) is 34.5 Å². The highest BCUT2D eigenvalue weighted by atomic mass is 16.6. The summed E-state index contributed by atoms with van der Waals surface area (Å²) in [5.41, 5.74) is 2.09. The van der Waals surface area contributed by atoms with Crippen molar-refractivity contribution in [3.63, 3.8) is 0 Å². The Kier molecular flexibility index (Phi) is 7.72. The number of methoxy groups -OCH3 is 1. The number of carbonyl (C=O) groups is 2. The fraction of sp³-hybridized carbons (Fsp3) is 0.211. The minimum atomic E-state index is -0.798. The molecule has 12 nitrogen and oxygen atoms in total. The summed E-state index contributed by atoms with van der Waals surface area (Å²) in [6, 6.07) is 9.73. The third-order valence-electron chi connectivity index (χ3n) is 3.99. The molecule has 0 aromatic heterocycles. The number of nitro groups is 2. The van der Waals surface area contributed by atoms with E-state index in [9.17, 15) is 29.8 Å². The van der Waals surface area contributed by atoms with Crippen molar-refractivity contribution in [2.24, 2.45) is 5.10 Å². The molecule has 0 fully saturated rings. The standard InChI is InChI=1S/C19H19N5O7/c1-12(9-18(25)20-14-4-7-16(31-2)8-5-14)21-22-19(26)10-13-3-6-15(23(27)28)11-17(13)24(29)30/h3-8,11H,9-10H2,1-2H3,(H,20,25)(H,22,26)/b21-12+. The number of anilines is 1. The Morgan fingerprint density at radius 3 is 2.29 bits per heavy atom.